The van der Waals surface area contributed by atoms with Crippen molar-refractivity contribution in [1.29, 1.82) is 0 Å². The molecule has 1 fully saturated rings. The molecule has 9 heteroatoms. The standard InChI is InChI=1S/C25H18BrFI2N2O2S/c1-13-7-17(8-14(2)22(13)26)30-25-31-24(32)21(34-25)11-15-9-19(28)23(20(29)10-15)33-12-16-5-3-4-6-18(16)27/h3-11H,12H2,1-2H3,(H,30,31,32)/b21-11-. The van der Waals surface area contributed by atoms with Crippen molar-refractivity contribution in [3.8, 4) is 5.75 Å². The van der Waals surface area contributed by atoms with Gasteiger partial charge < -0.3 is 10.1 Å². The van der Waals surface area contributed by atoms with Gasteiger partial charge in [-0.15, -0.1) is 0 Å². The number of aliphatic imine (C=N–C) groups is 1. The number of ether oxygens (including phenoxy) is 1. The van der Waals surface area contributed by atoms with Gasteiger partial charge in [0.15, 0.2) is 5.17 Å². The third-order valence-corrected chi connectivity index (χ3v) is 8.71. The van der Waals surface area contributed by atoms with Crippen LogP contribution in [0.15, 0.2) is 62.9 Å². The Balaban J connectivity index is 1.52. The third-order valence-electron chi connectivity index (χ3n) is 4.95. The van der Waals surface area contributed by atoms with Crippen LogP contribution in [0.1, 0.15) is 22.3 Å². The van der Waals surface area contributed by atoms with E-state index in [1.54, 1.807) is 18.2 Å². The fourth-order valence-corrected chi connectivity index (χ4v) is 6.50. The maximum atomic E-state index is 13.9. The van der Waals surface area contributed by atoms with Crippen molar-refractivity contribution in [3.05, 3.63) is 93.1 Å². The van der Waals surface area contributed by atoms with Gasteiger partial charge in [-0.3, -0.25) is 4.79 Å². The molecule has 0 unspecified atom stereocenters. The van der Waals surface area contributed by atoms with Crippen molar-refractivity contribution < 1.29 is 13.9 Å². The van der Waals surface area contributed by atoms with Gasteiger partial charge in [0, 0.05) is 10.0 Å². The number of benzene rings is 3. The summed E-state index contributed by atoms with van der Waals surface area (Å²) >= 11 is 9.26. The molecule has 3 aromatic rings. The molecule has 0 aromatic heterocycles. The molecule has 1 aliphatic heterocycles. The van der Waals surface area contributed by atoms with E-state index in [1.165, 1.54) is 17.8 Å². The molecule has 1 N–H and O–H groups in total. The molecule has 3 aromatic carbocycles. The Bertz CT molecular complexity index is 1310. The summed E-state index contributed by atoms with van der Waals surface area (Å²) in [7, 11) is 0. The van der Waals surface area contributed by atoms with Gasteiger partial charge in [-0.25, -0.2) is 9.38 Å². The maximum Gasteiger partial charge on any atom is 0.264 e. The van der Waals surface area contributed by atoms with E-state index >= 15 is 0 Å². The van der Waals surface area contributed by atoms with Gasteiger partial charge in [-0.05, 0) is 124 Å². The fourth-order valence-electron chi connectivity index (χ4n) is 3.30. The number of thioether (sulfide) groups is 1. The van der Waals surface area contributed by atoms with Gasteiger partial charge in [-0.2, -0.15) is 0 Å². The Labute approximate surface area is 237 Å². The zero-order valence-electron chi connectivity index (χ0n) is 18.1. The molecule has 0 radical (unpaired) electrons. The van der Waals surface area contributed by atoms with Crippen LogP contribution in [0.3, 0.4) is 0 Å². The number of carbonyl (C=O) groups is 1. The van der Waals surface area contributed by atoms with Gasteiger partial charge in [0.05, 0.1) is 17.7 Å². The van der Waals surface area contributed by atoms with Crippen LogP contribution >= 0.6 is 72.9 Å². The van der Waals surface area contributed by atoms with E-state index in [2.05, 4.69) is 71.4 Å². The second-order valence-corrected chi connectivity index (χ2v) is 11.7. The van der Waals surface area contributed by atoms with Crippen LogP contribution in [0.2, 0.25) is 0 Å². The lowest BCUT2D eigenvalue weighted by molar-refractivity contribution is -0.115. The minimum atomic E-state index is -0.288. The van der Waals surface area contributed by atoms with E-state index in [9.17, 15) is 9.18 Å². The minimum Gasteiger partial charge on any atom is -0.487 e. The van der Waals surface area contributed by atoms with Crippen LogP contribution in [0.25, 0.3) is 6.08 Å². The molecule has 1 amide bonds. The summed E-state index contributed by atoms with van der Waals surface area (Å²) in [6.07, 6.45) is 1.84. The van der Waals surface area contributed by atoms with E-state index in [0.29, 0.717) is 21.4 Å². The summed E-state index contributed by atoms with van der Waals surface area (Å²) < 4.78 is 22.6. The highest BCUT2D eigenvalue weighted by atomic mass is 127. The summed E-state index contributed by atoms with van der Waals surface area (Å²) in [5, 5.41) is 3.39. The number of amidine groups is 1. The molecule has 0 spiro atoms. The first-order valence-corrected chi connectivity index (χ1v) is 13.9. The normalized spacial score (nSPS) is 15.8. The van der Waals surface area contributed by atoms with Crippen LogP contribution < -0.4 is 10.1 Å². The van der Waals surface area contributed by atoms with Crippen molar-refractivity contribution in [3.63, 3.8) is 0 Å². The van der Waals surface area contributed by atoms with Crippen molar-refractivity contribution in [2.24, 2.45) is 4.99 Å². The molecule has 1 saturated heterocycles. The lowest BCUT2D eigenvalue weighted by atomic mass is 10.1. The highest BCUT2D eigenvalue weighted by molar-refractivity contribution is 14.1. The number of rotatable bonds is 5. The predicted octanol–water partition coefficient (Wildman–Crippen LogP) is 7.88. The van der Waals surface area contributed by atoms with Crippen molar-refractivity contribution >= 4 is 95.7 Å². The van der Waals surface area contributed by atoms with E-state index < -0.39 is 0 Å². The molecule has 0 aliphatic carbocycles. The van der Waals surface area contributed by atoms with Gasteiger partial charge in [-0.1, -0.05) is 34.1 Å². The molecule has 174 valence electrons. The van der Waals surface area contributed by atoms with Crippen LogP contribution in [0.4, 0.5) is 10.1 Å². The number of aryl methyl sites for hydroxylation is 2. The number of hydrogen-bond donors (Lipinski definition) is 1. The molecule has 0 atom stereocenters. The minimum absolute atomic E-state index is 0.145. The number of nitrogens with zero attached hydrogens (tertiary/aromatic N) is 1. The molecule has 0 saturated carbocycles. The van der Waals surface area contributed by atoms with Crippen molar-refractivity contribution in [1.82, 2.24) is 5.32 Å². The molecule has 4 nitrogen and oxygen atoms in total. The molecular weight excluding hydrogens is 745 g/mol. The molecule has 4 rings (SSSR count). The smallest absolute Gasteiger partial charge is 0.264 e. The first-order chi connectivity index (χ1) is 16.2. The Morgan fingerprint density at radius 3 is 2.41 bits per heavy atom. The van der Waals surface area contributed by atoms with Gasteiger partial charge in [0.25, 0.3) is 5.91 Å². The van der Waals surface area contributed by atoms with Gasteiger partial charge in [0.2, 0.25) is 0 Å². The zero-order valence-corrected chi connectivity index (χ0v) is 24.8. The second-order valence-electron chi connectivity index (χ2n) is 7.57. The van der Waals surface area contributed by atoms with Gasteiger partial charge in [0.1, 0.15) is 18.2 Å². The van der Waals surface area contributed by atoms with Crippen LogP contribution in [0.5, 0.6) is 5.75 Å². The largest absolute Gasteiger partial charge is 0.487 e. The van der Waals surface area contributed by atoms with Crippen LogP contribution in [0, 0.1) is 26.8 Å². The Kier molecular flexibility index (Phi) is 8.36. The SMILES string of the molecule is Cc1cc(N=C2NC(=O)/C(=C/c3cc(I)c(OCc4ccccc4F)c(I)c3)S2)cc(C)c1Br. The summed E-state index contributed by atoms with van der Waals surface area (Å²) in [6, 6.07) is 14.4. The zero-order chi connectivity index (χ0) is 24.4. The first-order valence-electron chi connectivity index (χ1n) is 10.1. The Morgan fingerprint density at radius 2 is 1.76 bits per heavy atom. The van der Waals surface area contributed by atoms with E-state index in [-0.39, 0.29) is 18.3 Å². The summed E-state index contributed by atoms with van der Waals surface area (Å²) in [5.74, 6) is 0.224. The number of amides is 1. The Morgan fingerprint density at radius 1 is 1.12 bits per heavy atom. The first kappa shape index (κ1) is 25.6. The topological polar surface area (TPSA) is 50.7 Å². The molecule has 1 aliphatic rings. The monoisotopic (exact) mass is 762 g/mol. The number of halogens is 4. The van der Waals surface area contributed by atoms with Crippen molar-refractivity contribution in [2.45, 2.75) is 20.5 Å². The number of hydrogen-bond acceptors (Lipinski definition) is 4. The second kappa shape index (κ2) is 11.1. The highest BCUT2D eigenvalue weighted by Gasteiger charge is 2.24. The summed E-state index contributed by atoms with van der Waals surface area (Å²) in [6.45, 7) is 4.17. The predicted molar refractivity (Wildman–Crippen MR) is 157 cm³/mol. The lowest BCUT2D eigenvalue weighted by Gasteiger charge is -2.12. The summed E-state index contributed by atoms with van der Waals surface area (Å²) in [4.78, 5) is 17.7. The van der Waals surface area contributed by atoms with Crippen LogP contribution in [-0.2, 0) is 11.4 Å². The number of nitrogens with one attached hydrogen (secondary N) is 1. The summed E-state index contributed by atoms with van der Waals surface area (Å²) in [5.41, 5.74) is 4.35. The molecular formula is C25H18BrFI2N2O2S. The van der Waals surface area contributed by atoms with Gasteiger partial charge >= 0.3 is 0 Å². The van der Waals surface area contributed by atoms with Crippen LogP contribution in [-0.4, -0.2) is 11.1 Å². The Hall–Kier alpha value is -1.44. The molecule has 0 bridgehead atoms. The average Bonchev–Trinajstić information content (AvgIpc) is 3.11. The molecule has 1 heterocycles. The highest BCUT2D eigenvalue weighted by Crippen LogP contribution is 2.34. The van der Waals surface area contributed by atoms with E-state index in [4.69, 9.17) is 4.74 Å². The fraction of sp³-hybridized carbons (Fsp3) is 0.120. The number of carbonyl (C=O) groups excluding carboxylic acids is 1. The van der Waals surface area contributed by atoms with Crippen molar-refractivity contribution in [2.75, 3.05) is 0 Å². The lowest BCUT2D eigenvalue weighted by Crippen LogP contribution is -2.19. The maximum absolute atomic E-state index is 13.9. The quantitative estimate of drug-likeness (QED) is 0.213. The van der Waals surface area contributed by atoms with E-state index in [1.807, 2.05) is 44.2 Å². The molecule has 34 heavy (non-hydrogen) atoms. The van der Waals surface area contributed by atoms with E-state index in [0.717, 1.165) is 34.0 Å². The average molecular weight is 763 g/mol. The third kappa shape index (κ3) is 6.03.